The van der Waals surface area contributed by atoms with Crippen LogP contribution in [0.1, 0.15) is 39.5 Å². The Morgan fingerprint density at radius 3 is 2.82 bits per heavy atom. The van der Waals surface area contributed by atoms with E-state index in [1.165, 1.54) is 19.3 Å². The Bertz CT molecular complexity index is 259. The van der Waals surface area contributed by atoms with E-state index < -0.39 is 0 Å². The van der Waals surface area contributed by atoms with Gasteiger partial charge < -0.3 is 10.2 Å². The van der Waals surface area contributed by atoms with Crippen molar-refractivity contribution in [3.8, 4) is 0 Å². The van der Waals surface area contributed by atoms with E-state index in [0.717, 1.165) is 38.5 Å². The number of hydrogen-bond donors (Lipinski definition) is 1. The summed E-state index contributed by atoms with van der Waals surface area (Å²) in [4.78, 5) is 14.3. The maximum absolute atomic E-state index is 12.2. The van der Waals surface area contributed by atoms with Crippen LogP contribution in [0.15, 0.2) is 0 Å². The molecule has 1 N–H and O–H groups in total. The number of nitrogens with one attached hydrogen (secondary N) is 1. The number of carbonyl (C=O) groups is 1. The van der Waals surface area contributed by atoms with Gasteiger partial charge in [0, 0.05) is 19.5 Å². The van der Waals surface area contributed by atoms with E-state index in [1.807, 2.05) is 0 Å². The zero-order chi connectivity index (χ0) is 12.3. The third-order valence-corrected chi connectivity index (χ3v) is 4.38. The van der Waals surface area contributed by atoms with Crippen LogP contribution in [0.2, 0.25) is 0 Å². The van der Waals surface area contributed by atoms with E-state index in [4.69, 9.17) is 0 Å². The van der Waals surface area contributed by atoms with Gasteiger partial charge in [0.15, 0.2) is 0 Å². The van der Waals surface area contributed by atoms with Crippen LogP contribution in [-0.4, -0.2) is 37.0 Å². The van der Waals surface area contributed by atoms with Crippen molar-refractivity contribution in [1.29, 1.82) is 0 Å². The average molecular weight is 238 g/mol. The summed E-state index contributed by atoms with van der Waals surface area (Å²) in [6, 6.07) is 0. The summed E-state index contributed by atoms with van der Waals surface area (Å²) in [5.74, 6) is 2.41. The molecular formula is C14H26N2O. The number of nitrogens with zero attached hydrogens (tertiary/aromatic N) is 1. The summed E-state index contributed by atoms with van der Waals surface area (Å²) in [6.07, 6.45) is 4.41. The highest BCUT2D eigenvalue weighted by atomic mass is 16.2. The molecule has 2 unspecified atom stereocenters. The van der Waals surface area contributed by atoms with Crippen LogP contribution in [0.5, 0.6) is 0 Å². The molecule has 17 heavy (non-hydrogen) atoms. The molecule has 2 atom stereocenters. The van der Waals surface area contributed by atoms with Gasteiger partial charge in [-0.1, -0.05) is 13.8 Å². The quantitative estimate of drug-likeness (QED) is 0.814. The maximum Gasteiger partial charge on any atom is 0.222 e. The molecule has 0 aromatic carbocycles. The Morgan fingerprint density at radius 1 is 1.41 bits per heavy atom. The molecule has 0 radical (unpaired) electrons. The summed E-state index contributed by atoms with van der Waals surface area (Å²) in [5.41, 5.74) is 0. The first kappa shape index (κ1) is 12.9. The Balaban J connectivity index is 1.76. The van der Waals surface area contributed by atoms with E-state index in [-0.39, 0.29) is 0 Å². The van der Waals surface area contributed by atoms with Crippen LogP contribution in [0.4, 0.5) is 0 Å². The van der Waals surface area contributed by atoms with Crippen LogP contribution >= 0.6 is 0 Å². The topological polar surface area (TPSA) is 32.3 Å². The second-order valence-corrected chi connectivity index (χ2v) is 6.05. The molecule has 0 aliphatic carbocycles. The van der Waals surface area contributed by atoms with Gasteiger partial charge in [0.2, 0.25) is 5.91 Å². The van der Waals surface area contributed by atoms with Crippen molar-refractivity contribution in [3.63, 3.8) is 0 Å². The van der Waals surface area contributed by atoms with Gasteiger partial charge in [-0.05, 0) is 50.1 Å². The first-order chi connectivity index (χ1) is 8.16. The lowest BCUT2D eigenvalue weighted by Gasteiger charge is -2.25. The van der Waals surface area contributed by atoms with Crippen molar-refractivity contribution in [2.45, 2.75) is 39.5 Å². The van der Waals surface area contributed by atoms with Gasteiger partial charge in [-0.15, -0.1) is 0 Å². The fraction of sp³-hybridized carbons (Fsp3) is 0.929. The second kappa shape index (κ2) is 5.85. The van der Waals surface area contributed by atoms with Crippen molar-refractivity contribution in [2.75, 3.05) is 26.2 Å². The van der Waals surface area contributed by atoms with Crippen molar-refractivity contribution < 1.29 is 4.79 Å². The monoisotopic (exact) mass is 238 g/mol. The first-order valence-electron chi connectivity index (χ1n) is 7.15. The number of likely N-dealkylation sites (tertiary alicyclic amines) is 1. The second-order valence-electron chi connectivity index (χ2n) is 6.05. The zero-order valence-corrected chi connectivity index (χ0v) is 11.2. The van der Waals surface area contributed by atoms with Crippen molar-refractivity contribution in [2.24, 2.45) is 17.8 Å². The molecule has 3 nitrogen and oxygen atoms in total. The molecule has 3 heteroatoms. The highest BCUT2D eigenvalue weighted by Gasteiger charge is 2.29. The van der Waals surface area contributed by atoms with Crippen molar-refractivity contribution >= 4 is 5.91 Å². The lowest BCUT2D eigenvalue weighted by Crippen LogP contribution is -2.36. The molecule has 98 valence electrons. The van der Waals surface area contributed by atoms with Crippen molar-refractivity contribution in [1.82, 2.24) is 10.2 Å². The third kappa shape index (κ3) is 3.44. The van der Waals surface area contributed by atoms with Crippen LogP contribution in [-0.2, 0) is 4.79 Å². The summed E-state index contributed by atoms with van der Waals surface area (Å²) >= 11 is 0. The summed E-state index contributed by atoms with van der Waals surface area (Å²) < 4.78 is 0. The van der Waals surface area contributed by atoms with E-state index in [1.54, 1.807) is 0 Å². The van der Waals surface area contributed by atoms with Crippen molar-refractivity contribution in [3.05, 3.63) is 0 Å². The normalized spacial score (nSPS) is 29.9. The summed E-state index contributed by atoms with van der Waals surface area (Å²) in [5, 5.41) is 3.39. The van der Waals surface area contributed by atoms with Gasteiger partial charge in [-0.3, -0.25) is 4.79 Å². The summed E-state index contributed by atoms with van der Waals surface area (Å²) in [7, 11) is 0. The molecule has 2 heterocycles. The molecule has 1 amide bonds. The number of piperidine rings is 1. The van der Waals surface area contributed by atoms with Crippen LogP contribution in [0.25, 0.3) is 0 Å². The van der Waals surface area contributed by atoms with Gasteiger partial charge in [0.25, 0.3) is 0 Å². The minimum atomic E-state index is 0.391. The van der Waals surface area contributed by atoms with E-state index >= 15 is 0 Å². The fourth-order valence-corrected chi connectivity index (χ4v) is 3.03. The predicted molar refractivity (Wildman–Crippen MR) is 69.7 cm³/mol. The fourth-order valence-electron chi connectivity index (χ4n) is 3.03. The van der Waals surface area contributed by atoms with Crippen LogP contribution in [0.3, 0.4) is 0 Å². The number of rotatable bonds is 3. The lowest BCUT2D eigenvalue weighted by atomic mass is 9.95. The lowest BCUT2D eigenvalue weighted by molar-refractivity contribution is -0.131. The highest BCUT2D eigenvalue weighted by molar-refractivity contribution is 5.76. The minimum Gasteiger partial charge on any atom is -0.342 e. The molecule has 0 spiro atoms. The third-order valence-electron chi connectivity index (χ3n) is 4.38. The maximum atomic E-state index is 12.2. The molecule has 0 aromatic heterocycles. The predicted octanol–water partition coefficient (Wildman–Crippen LogP) is 1.88. The molecule has 0 saturated carbocycles. The van der Waals surface area contributed by atoms with E-state index in [9.17, 15) is 4.79 Å². The smallest absolute Gasteiger partial charge is 0.222 e. The molecule has 2 aliphatic rings. The van der Waals surface area contributed by atoms with Crippen LogP contribution in [0, 0.1) is 17.8 Å². The first-order valence-corrected chi connectivity index (χ1v) is 7.15. The Morgan fingerprint density at radius 2 is 2.24 bits per heavy atom. The van der Waals surface area contributed by atoms with E-state index in [0.29, 0.717) is 17.7 Å². The zero-order valence-electron chi connectivity index (χ0n) is 11.2. The van der Waals surface area contributed by atoms with Gasteiger partial charge in [-0.25, -0.2) is 0 Å². The standard InChI is InChI=1S/C14H26N2O/c1-11(2)13-5-7-16(10-13)14(17)8-12-4-3-6-15-9-12/h11-13,15H,3-10H2,1-2H3. The van der Waals surface area contributed by atoms with Gasteiger partial charge >= 0.3 is 0 Å². The van der Waals surface area contributed by atoms with Gasteiger partial charge in [-0.2, -0.15) is 0 Å². The van der Waals surface area contributed by atoms with Gasteiger partial charge in [0.05, 0.1) is 0 Å². The molecule has 2 rings (SSSR count). The molecule has 2 fully saturated rings. The number of amides is 1. The van der Waals surface area contributed by atoms with Crippen LogP contribution < -0.4 is 5.32 Å². The van der Waals surface area contributed by atoms with E-state index in [2.05, 4.69) is 24.1 Å². The Hall–Kier alpha value is -0.570. The minimum absolute atomic E-state index is 0.391. The van der Waals surface area contributed by atoms with Gasteiger partial charge in [0.1, 0.15) is 0 Å². The SMILES string of the molecule is CC(C)C1CCN(C(=O)CC2CCCNC2)C1. The highest BCUT2D eigenvalue weighted by Crippen LogP contribution is 2.25. The molecule has 0 aromatic rings. The Labute approximate surface area is 105 Å². The molecule has 0 bridgehead atoms. The number of hydrogen-bond acceptors (Lipinski definition) is 2. The average Bonchev–Trinajstić information content (AvgIpc) is 2.79. The summed E-state index contributed by atoms with van der Waals surface area (Å²) in [6.45, 7) is 8.68. The Kier molecular flexibility index (Phi) is 4.43. The number of carbonyl (C=O) groups excluding carboxylic acids is 1. The molecule has 2 saturated heterocycles. The molecular weight excluding hydrogens is 212 g/mol. The molecule has 2 aliphatic heterocycles. The largest absolute Gasteiger partial charge is 0.342 e.